The number of nitrogens with zero attached hydrogens (tertiary/aromatic N) is 1. The fourth-order valence-electron chi connectivity index (χ4n) is 3.39. The van der Waals surface area contributed by atoms with Gasteiger partial charge in [-0.3, -0.25) is 9.69 Å². The van der Waals surface area contributed by atoms with Crippen molar-refractivity contribution in [1.82, 2.24) is 10.2 Å². The van der Waals surface area contributed by atoms with E-state index < -0.39 is 23.9 Å². The highest BCUT2D eigenvalue weighted by Crippen LogP contribution is 2.28. The molecule has 0 spiro atoms. The average molecular weight is 511 g/mol. The zero-order chi connectivity index (χ0) is 25.8. The van der Waals surface area contributed by atoms with Gasteiger partial charge in [0.2, 0.25) is 5.76 Å². The van der Waals surface area contributed by atoms with Gasteiger partial charge < -0.3 is 24.3 Å². The number of aromatic carboxylic acids is 1. The quantitative estimate of drug-likeness (QED) is 0.263. The predicted octanol–water partition coefficient (Wildman–Crippen LogP) is 4.09. The molecular weight excluding hydrogens is 492 g/mol. The number of urea groups is 1. The van der Waals surface area contributed by atoms with Gasteiger partial charge in [0.1, 0.15) is 23.8 Å². The lowest BCUT2D eigenvalue weighted by atomic mass is 10.1. The molecule has 1 saturated heterocycles. The van der Waals surface area contributed by atoms with E-state index in [1.165, 1.54) is 37.5 Å². The highest BCUT2D eigenvalue weighted by molar-refractivity contribution is 6.32. The number of esters is 1. The van der Waals surface area contributed by atoms with Crippen molar-refractivity contribution in [2.75, 3.05) is 7.11 Å². The number of amides is 3. The summed E-state index contributed by atoms with van der Waals surface area (Å²) in [6, 6.07) is 13.4. The number of carbonyl (C=O) groups is 4. The lowest BCUT2D eigenvalue weighted by molar-refractivity contribution is -0.123. The van der Waals surface area contributed by atoms with Gasteiger partial charge in [0, 0.05) is 0 Å². The molecule has 2 heterocycles. The molecule has 184 valence electrons. The third-order valence-corrected chi connectivity index (χ3v) is 5.46. The Morgan fingerprint density at radius 2 is 1.94 bits per heavy atom. The van der Waals surface area contributed by atoms with Crippen molar-refractivity contribution in [3.05, 3.63) is 93.5 Å². The maximum Gasteiger partial charge on any atom is 0.373 e. The van der Waals surface area contributed by atoms with Crippen LogP contribution in [0.25, 0.3) is 6.08 Å². The molecule has 2 aromatic carbocycles. The van der Waals surface area contributed by atoms with Crippen LogP contribution in [0.1, 0.15) is 37.8 Å². The summed E-state index contributed by atoms with van der Waals surface area (Å²) in [6.07, 6.45) is 1.47. The SMILES string of the molecule is COC(=O)c1ccc(CN2C(=O)N/C(=C\c3ccc(OCc4cccc(C(=O)O)c4)c(Cl)c3)C2=O)o1. The first-order chi connectivity index (χ1) is 17.2. The maximum absolute atomic E-state index is 12.7. The number of hydrogen-bond donors (Lipinski definition) is 2. The van der Waals surface area contributed by atoms with Gasteiger partial charge in [-0.1, -0.05) is 29.8 Å². The van der Waals surface area contributed by atoms with Gasteiger partial charge in [0.25, 0.3) is 5.91 Å². The smallest absolute Gasteiger partial charge is 0.373 e. The summed E-state index contributed by atoms with van der Waals surface area (Å²) in [4.78, 5) is 48.7. The summed E-state index contributed by atoms with van der Waals surface area (Å²) >= 11 is 6.32. The third-order valence-electron chi connectivity index (χ3n) is 5.16. The predicted molar refractivity (Wildman–Crippen MR) is 126 cm³/mol. The fraction of sp³-hybridized carbons (Fsp3) is 0.120. The Hall–Kier alpha value is -4.57. The molecule has 0 radical (unpaired) electrons. The first kappa shape index (κ1) is 24.6. The van der Waals surface area contributed by atoms with E-state index in [0.29, 0.717) is 16.9 Å². The Morgan fingerprint density at radius 1 is 1.14 bits per heavy atom. The fourth-order valence-corrected chi connectivity index (χ4v) is 3.63. The van der Waals surface area contributed by atoms with Crippen LogP contribution < -0.4 is 10.1 Å². The number of nitrogens with one attached hydrogen (secondary N) is 1. The molecular formula is C25H19ClN2O8. The molecule has 2 N–H and O–H groups in total. The van der Waals surface area contributed by atoms with Crippen LogP contribution in [0.5, 0.6) is 5.75 Å². The molecule has 1 aliphatic heterocycles. The summed E-state index contributed by atoms with van der Waals surface area (Å²) in [5, 5.41) is 11.9. The molecule has 1 aliphatic rings. The molecule has 3 aromatic rings. The third kappa shape index (κ3) is 5.39. The van der Waals surface area contributed by atoms with Crippen LogP contribution in [-0.2, 0) is 22.7 Å². The van der Waals surface area contributed by atoms with Crippen LogP contribution in [-0.4, -0.2) is 41.0 Å². The molecule has 36 heavy (non-hydrogen) atoms. The number of halogens is 1. The van der Waals surface area contributed by atoms with Crippen LogP contribution in [0.4, 0.5) is 4.79 Å². The minimum atomic E-state index is -1.03. The molecule has 0 saturated carbocycles. The first-order valence-electron chi connectivity index (χ1n) is 10.5. The number of benzene rings is 2. The number of carbonyl (C=O) groups excluding carboxylic acids is 3. The van der Waals surface area contributed by atoms with E-state index in [-0.39, 0.29) is 41.0 Å². The van der Waals surface area contributed by atoms with Gasteiger partial charge in [-0.25, -0.2) is 14.4 Å². The monoisotopic (exact) mass is 510 g/mol. The van der Waals surface area contributed by atoms with Gasteiger partial charge in [0.15, 0.2) is 0 Å². The Bertz CT molecular complexity index is 1390. The number of rotatable bonds is 8. The molecule has 0 atom stereocenters. The number of carboxylic acid groups (broad SMARTS) is 1. The summed E-state index contributed by atoms with van der Waals surface area (Å²) in [6.45, 7) is -0.0646. The standard InChI is InChI=1S/C25H19ClN2O8/c1-34-24(32)21-8-6-17(36-21)12-28-22(29)19(27-25(28)33)11-14-5-7-20(18(26)10-14)35-13-15-3-2-4-16(9-15)23(30)31/h2-11H,12-13H2,1H3,(H,27,33)(H,30,31)/b19-11-. The van der Waals surface area contributed by atoms with Crippen LogP contribution in [0.15, 0.2) is 64.7 Å². The highest BCUT2D eigenvalue weighted by atomic mass is 35.5. The van der Waals surface area contributed by atoms with E-state index in [2.05, 4.69) is 10.1 Å². The normalized spacial score (nSPS) is 14.2. The van der Waals surface area contributed by atoms with Gasteiger partial charge in [-0.05, 0) is 53.6 Å². The Balaban J connectivity index is 1.43. The largest absolute Gasteiger partial charge is 0.487 e. The van der Waals surface area contributed by atoms with E-state index in [9.17, 15) is 19.2 Å². The van der Waals surface area contributed by atoms with Crippen LogP contribution >= 0.6 is 11.6 Å². The average Bonchev–Trinajstić information content (AvgIpc) is 3.43. The second-order valence-corrected chi connectivity index (χ2v) is 8.03. The van der Waals surface area contributed by atoms with Crippen molar-refractivity contribution in [2.24, 2.45) is 0 Å². The Morgan fingerprint density at radius 3 is 2.67 bits per heavy atom. The van der Waals surface area contributed by atoms with Crippen LogP contribution in [0, 0.1) is 0 Å². The number of imide groups is 1. The second-order valence-electron chi connectivity index (χ2n) is 7.62. The number of methoxy groups -OCH3 is 1. The van der Waals surface area contributed by atoms with E-state index in [1.54, 1.807) is 30.3 Å². The van der Waals surface area contributed by atoms with Gasteiger partial charge in [0.05, 0.1) is 24.2 Å². The molecule has 0 aliphatic carbocycles. The summed E-state index contributed by atoms with van der Waals surface area (Å²) in [7, 11) is 1.21. The summed E-state index contributed by atoms with van der Waals surface area (Å²) in [5.74, 6) is -1.72. The maximum atomic E-state index is 12.7. The van der Waals surface area contributed by atoms with Crippen molar-refractivity contribution in [3.63, 3.8) is 0 Å². The number of hydrogen-bond acceptors (Lipinski definition) is 7. The molecule has 3 amide bonds. The summed E-state index contributed by atoms with van der Waals surface area (Å²) < 4.78 is 15.6. The Labute approximate surface area is 209 Å². The van der Waals surface area contributed by atoms with Crippen molar-refractivity contribution in [1.29, 1.82) is 0 Å². The van der Waals surface area contributed by atoms with E-state index in [4.69, 9.17) is 25.9 Å². The number of furan rings is 1. The lowest BCUT2D eigenvalue weighted by Gasteiger charge is -2.10. The zero-order valence-corrected chi connectivity index (χ0v) is 19.6. The van der Waals surface area contributed by atoms with Gasteiger partial charge in [-0.15, -0.1) is 0 Å². The first-order valence-corrected chi connectivity index (χ1v) is 10.9. The minimum absolute atomic E-state index is 0.0370. The number of ether oxygens (including phenoxy) is 2. The Kier molecular flexibility index (Phi) is 7.07. The van der Waals surface area contributed by atoms with E-state index in [1.807, 2.05) is 0 Å². The summed E-state index contributed by atoms with van der Waals surface area (Å²) in [5.41, 5.74) is 1.39. The molecule has 10 nitrogen and oxygen atoms in total. The number of carboxylic acids is 1. The molecule has 0 unspecified atom stereocenters. The molecule has 1 fully saturated rings. The lowest BCUT2D eigenvalue weighted by Crippen LogP contribution is -2.30. The van der Waals surface area contributed by atoms with Gasteiger partial charge >= 0.3 is 18.0 Å². The van der Waals surface area contributed by atoms with E-state index >= 15 is 0 Å². The van der Waals surface area contributed by atoms with Crippen molar-refractivity contribution in [3.8, 4) is 5.75 Å². The zero-order valence-electron chi connectivity index (χ0n) is 18.8. The molecule has 0 bridgehead atoms. The van der Waals surface area contributed by atoms with Crippen molar-refractivity contribution < 1.29 is 38.2 Å². The van der Waals surface area contributed by atoms with Crippen molar-refractivity contribution in [2.45, 2.75) is 13.2 Å². The highest BCUT2D eigenvalue weighted by Gasteiger charge is 2.34. The molecule has 11 heteroatoms. The van der Waals surface area contributed by atoms with Crippen LogP contribution in [0.3, 0.4) is 0 Å². The molecule has 1 aromatic heterocycles. The van der Waals surface area contributed by atoms with E-state index in [0.717, 1.165) is 4.90 Å². The minimum Gasteiger partial charge on any atom is -0.487 e. The van der Waals surface area contributed by atoms with Gasteiger partial charge in [-0.2, -0.15) is 0 Å². The second kappa shape index (κ2) is 10.4. The van der Waals surface area contributed by atoms with Crippen LogP contribution in [0.2, 0.25) is 5.02 Å². The molecule has 4 rings (SSSR count). The van der Waals surface area contributed by atoms with Crippen molar-refractivity contribution >= 4 is 41.6 Å². The topological polar surface area (TPSA) is 135 Å².